The Morgan fingerprint density at radius 2 is 1.09 bits per heavy atom. The topological polar surface area (TPSA) is 60.8 Å². The number of hydrogen-bond acceptors (Lipinski definition) is 3. The smallest absolute Gasteiger partial charge is 0.303 e. The van der Waals surface area contributed by atoms with Crippen LogP contribution in [0.1, 0.15) is 135 Å². The summed E-state index contributed by atoms with van der Waals surface area (Å²) in [6.07, 6.45) is 32.9. The third-order valence-electron chi connectivity index (χ3n) is 6.46. The van der Waals surface area contributed by atoms with E-state index in [-0.39, 0.29) is 6.61 Å². The van der Waals surface area contributed by atoms with E-state index in [0.29, 0.717) is 6.42 Å². The molecule has 0 aromatic carbocycles. The molecule has 0 amide bonds. The van der Waals surface area contributed by atoms with Gasteiger partial charge < -0.3 is 15.1 Å². The average molecular weight is 480 g/mol. The summed E-state index contributed by atoms with van der Waals surface area (Å²) in [5.74, 6) is -0.677. The zero-order chi connectivity index (χ0) is 25.0. The van der Waals surface area contributed by atoms with Gasteiger partial charge in [-0.3, -0.25) is 4.79 Å². The molecule has 0 saturated carbocycles. The van der Waals surface area contributed by atoms with Crippen LogP contribution in [0.2, 0.25) is 0 Å². The van der Waals surface area contributed by atoms with E-state index in [2.05, 4.69) is 36.1 Å². The van der Waals surface area contributed by atoms with Crippen molar-refractivity contribution in [3.8, 4) is 0 Å². The number of aliphatic hydroxyl groups excluding tert-OH is 1. The molecule has 34 heavy (non-hydrogen) atoms. The second kappa shape index (κ2) is 28.1. The van der Waals surface area contributed by atoms with E-state index in [0.717, 1.165) is 45.3 Å². The van der Waals surface area contributed by atoms with E-state index in [1.54, 1.807) is 0 Å². The maximum atomic E-state index is 10.5. The maximum Gasteiger partial charge on any atom is 0.303 e. The molecule has 4 heteroatoms. The number of aliphatic hydroxyl groups is 1. The molecule has 0 spiro atoms. The van der Waals surface area contributed by atoms with Crippen LogP contribution < -0.4 is 0 Å². The molecular formula is C30H57NO3. The van der Waals surface area contributed by atoms with Gasteiger partial charge in [-0.2, -0.15) is 0 Å². The Morgan fingerprint density at radius 1 is 0.618 bits per heavy atom. The Morgan fingerprint density at radius 3 is 1.59 bits per heavy atom. The highest BCUT2D eigenvalue weighted by molar-refractivity contribution is 5.66. The molecule has 0 rings (SSSR count). The largest absolute Gasteiger partial charge is 0.481 e. The van der Waals surface area contributed by atoms with Crippen molar-refractivity contribution in [2.75, 3.05) is 26.2 Å². The van der Waals surface area contributed by atoms with Gasteiger partial charge in [0.25, 0.3) is 0 Å². The first-order valence-corrected chi connectivity index (χ1v) is 14.6. The summed E-state index contributed by atoms with van der Waals surface area (Å²) in [5.41, 5.74) is 0. The van der Waals surface area contributed by atoms with Crippen LogP contribution in [0.15, 0.2) is 24.3 Å². The summed E-state index contributed by atoms with van der Waals surface area (Å²) in [4.78, 5) is 12.9. The Bertz CT molecular complexity index is 476. The number of hydrogen-bond donors (Lipinski definition) is 2. The average Bonchev–Trinajstić information content (AvgIpc) is 2.82. The molecule has 4 nitrogen and oxygen atoms in total. The van der Waals surface area contributed by atoms with Crippen molar-refractivity contribution < 1.29 is 15.0 Å². The Labute approximate surface area is 211 Å². The van der Waals surface area contributed by atoms with Crippen LogP contribution in [0.4, 0.5) is 0 Å². The Kier molecular flexibility index (Phi) is 27.2. The third-order valence-corrected chi connectivity index (χ3v) is 6.46. The van der Waals surface area contributed by atoms with Crippen LogP contribution >= 0.6 is 0 Å². The summed E-state index contributed by atoms with van der Waals surface area (Å²) < 4.78 is 0. The molecule has 2 N–H and O–H groups in total. The van der Waals surface area contributed by atoms with Crippen LogP contribution in [0.25, 0.3) is 0 Å². The summed E-state index contributed by atoms with van der Waals surface area (Å²) in [6.45, 7) is 5.52. The number of nitrogens with zero attached hydrogens (tertiary/aromatic N) is 1. The van der Waals surface area contributed by atoms with E-state index >= 15 is 0 Å². The summed E-state index contributed by atoms with van der Waals surface area (Å²) >= 11 is 0. The standard InChI is InChI=1S/C30H57NO3/c1-2-3-4-5-6-7-8-9-10-11-12-13-14-17-20-23-26-31(28-29-32)27-24-21-18-15-16-19-22-25-30(33)34/h6-7,9-10,32H,2-5,8,11-29H2,1H3,(H,33,34)/b7-6-,10-9-. The fraction of sp³-hybridized carbons (Fsp3) is 0.833. The maximum absolute atomic E-state index is 10.5. The van der Waals surface area contributed by atoms with Gasteiger partial charge in [0.1, 0.15) is 0 Å². The molecule has 0 bridgehead atoms. The predicted molar refractivity (Wildman–Crippen MR) is 147 cm³/mol. The first kappa shape index (κ1) is 32.9. The van der Waals surface area contributed by atoms with Crippen LogP contribution in [0.5, 0.6) is 0 Å². The molecule has 0 saturated heterocycles. The highest BCUT2D eigenvalue weighted by Crippen LogP contribution is 2.11. The van der Waals surface area contributed by atoms with E-state index in [4.69, 9.17) is 5.11 Å². The van der Waals surface area contributed by atoms with Crippen LogP contribution in [0.3, 0.4) is 0 Å². The van der Waals surface area contributed by atoms with Crippen molar-refractivity contribution in [3.05, 3.63) is 24.3 Å². The molecule has 0 aromatic rings. The van der Waals surface area contributed by atoms with Gasteiger partial charge in [0.05, 0.1) is 6.61 Å². The van der Waals surface area contributed by atoms with E-state index in [1.807, 2.05) is 0 Å². The first-order valence-electron chi connectivity index (χ1n) is 14.6. The highest BCUT2D eigenvalue weighted by Gasteiger charge is 2.04. The number of unbranched alkanes of at least 4 members (excludes halogenated alkanes) is 15. The normalized spacial score (nSPS) is 12.0. The molecule has 0 fully saturated rings. The zero-order valence-corrected chi connectivity index (χ0v) is 22.5. The molecule has 0 aliphatic rings. The minimum atomic E-state index is -0.677. The van der Waals surface area contributed by atoms with Crippen molar-refractivity contribution in [1.82, 2.24) is 4.90 Å². The lowest BCUT2D eigenvalue weighted by atomic mass is 10.1. The van der Waals surface area contributed by atoms with E-state index in [1.165, 1.54) is 96.3 Å². The minimum absolute atomic E-state index is 0.256. The first-order chi connectivity index (χ1) is 16.7. The zero-order valence-electron chi connectivity index (χ0n) is 22.5. The van der Waals surface area contributed by atoms with E-state index < -0.39 is 5.97 Å². The summed E-state index contributed by atoms with van der Waals surface area (Å²) in [5, 5.41) is 18.0. The number of aliphatic carboxylic acids is 1. The van der Waals surface area contributed by atoms with Gasteiger partial charge >= 0.3 is 5.97 Å². The van der Waals surface area contributed by atoms with E-state index in [9.17, 15) is 9.90 Å². The second-order valence-corrected chi connectivity index (χ2v) is 9.77. The van der Waals surface area contributed by atoms with Gasteiger partial charge in [-0.25, -0.2) is 0 Å². The quantitative estimate of drug-likeness (QED) is 0.0918. The Hall–Kier alpha value is -1.13. The molecule has 200 valence electrons. The lowest BCUT2D eigenvalue weighted by Crippen LogP contribution is -2.29. The minimum Gasteiger partial charge on any atom is -0.481 e. The Balaban J connectivity index is 3.49. The molecule has 0 aliphatic heterocycles. The number of allylic oxidation sites excluding steroid dienone is 4. The molecule has 0 atom stereocenters. The van der Waals surface area contributed by atoms with Crippen molar-refractivity contribution in [1.29, 1.82) is 0 Å². The lowest BCUT2D eigenvalue weighted by Gasteiger charge is -2.21. The molecule has 0 aliphatic carbocycles. The molecular weight excluding hydrogens is 422 g/mol. The monoisotopic (exact) mass is 479 g/mol. The second-order valence-electron chi connectivity index (χ2n) is 9.77. The van der Waals surface area contributed by atoms with Crippen LogP contribution in [0, 0.1) is 0 Å². The van der Waals surface area contributed by atoms with Crippen molar-refractivity contribution >= 4 is 5.97 Å². The van der Waals surface area contributed by atoms with Gasteiger partial charge in [0.15, 0.2) is 0 Å². The molecule has 0 radical (unpaired) electrons. The SMILES string of the molecule is CCCCC/C=C\C/C=C\CCCCCCCCN(CCO)CCCCCCCCCC(=O)O. The fourth-order valence-electron chi connectivity index (χ4n) is 4.30. The number of carbonyl (C=O) groups is 1. The number of carboxylic acids is 1. The van der Waals surface area contributed by atoms with Gasteiger partial charge in [0, 0.05) is 13.0 Å². The van der Waals surface area contributed by atoms with Crippen molar-refractivity contribution in [2.24, 2.45) is 0 Å². The number of carboxylic acid groups (broad SMARTS) is 1. The lowest BCUT2D eigenvalue weighted by molar-refractivity contribution is -0.137. The predicted octanol–water partition coefficient (Wildman–Crippen LogP) is 8.30. The van der Waals surface area contributed by atoms with Crippen LogP contribution in [-0.4, -0.2) is 47.3 Å². The van der Waals surface area contributed by atoms with Gasteiger partial charge in [0.2, 0.25) is 0 Å². The summed E-state index contributed by atoms with van der Waals surface area (Å²) in [7, 11) is 0. The van der Waals surface area contributed by atoms with Crippen molar-refractivity contribution in [3.63, 3.8) is 0 Å². The van der Waals surface area contributed by atoms with Gasteiger partial charge in [-0.05, 0) is 64.5 Å². The molecule has 0 heterocycles. The molecule has 0 aromatic heterocycles. The third kappa shape index (κ3) is 27.1. The van der Waals surface area contributed by atoms with Gasteiger partial charge in [-0.15, -0.1) is 0 Å². The summed E-state index contributed by atoms with van der Waals surface area (Å²) in [6, 6.07) is 0. The van der Waals surface area contributed by atoms with Crippen molar-refractivity contribution in [2.45, 2.75) is 135 Å². The molecule has 0 unspecified atom stereocenters. The number of rotatable bonds is 27. The highest BCUT2D eigenvalue weighted by atomic mass is 16.4. The van der Waals surface area contributed by atoms with Crippen LogP contribution in [-0.2, 0) is 4.79 Å². The van der Waals surface area contributed by atoms with Gasteiger partial charge in [-0.1, -0.05) is 102 Å². The fourth-order valence-corrected chi connectivity index (χ4v) is 4.30.